The van der Waals surface area contributed by atoms with Gasteiger partial charge >= 0.3 is 426 Å². The number of carbonyl (C=O) groups excluding carboxylic acids is 3. The summed E-state index contributed by atoms with van der Waals surface area (Å²) in [4.78, 5) is 84.5. The van der Waals surface area contributed by atoms with Crippen LogP contribution in [0, 0.1) is 44.3 Å². The van der Waals surface area contributed by atoms with E-state index in [2.05, 4.69) is 0 Å². The normalized spacial score (nSPS) is 12.2. The molecule has 73 heavy (non-hydrogen) atoms. The maximum atomic E-state index is 14.8. The van der Waals surface area contributed by atoms with Crippen molar-refractivity contribution >= 4 is 50.1 Å². The number of pyridine rings is 3. The summed E-state index contributed by atoms with van der Waals surface area (Å²) in [6, 6.07) is 35.1. The maximum absolute atomic E-state index is 14.8. The van der Waals surface area contributed by atoms with E-state index in [4.69, 9.17) is -0.0181 Å². The van der Waals surface area contributed by atoms with Crippen molar-refractivity contribution in [1.82, 2.24) is 13.7 Å². The zero-order valence-electron chi connectivity index (χ0n) is 36.4. The van der Waals surface area contributed by atoms with Crippen LogP contribution in [0.25, 0.3) is 49.8 Å². The first-order chi connectivity index (χ1) is 34.7. The quantitative estimate of drug-likeness (QED) is 0.0862. The molecule has 0 spiro atoms. The Labute approximate surface area is 423 Å². The molecule has 0 atom stereocenters. The first kappa shape index (κ1) is 50.3. The van der Waals surface area contributed by atoms with Crippen molar-refractivity contribution in [2.24, 2.45) is 0 Å². The molecule has 370 valence electrons. The predicted molar refractivity (Wildman–Crippen MR) is 242 cm³/mol. The van der Waals surface area contributed by atoms with Crippen LogP contribution in [0.15, 0.2) is 178 Å². The van der Waals surface area contributed by atoms with Crippen molar-refractivity contribution in [2.75, 3.05) is 0 Å². The number of hydrogen-bond acceptors (Lipinski definition) is 9. The second-order valence-electron chi connectivity index (χ2n) is 15.5. The summed E-state index contributed by atoms with van der Waals surface area (Å²) < 4.78 is 154. The van der Waals surface area contributed by atoms with Gasteiger partial charge in [0.15, 0.2) is 0 Å². The van der Waals surface area contributed by atoms with Gasteiger partial charge in [-0.25, -0.2) is 0 Å². The second-order valence-corrected chi connectivity index (χ2v) is 18.2. The number of Topliss-reactive ketones (excluding diaryl/α,β-unsaturated/α-hetero) is 3. The molecule has 0 saturated heterocycles. The zero-order chi connectivity index (χ0) is 52.1. The molecule has 0 saturated carbocycles. The molecular weight excluding hydrogens is 1120 g/mol. The number of nitrogens with zero attached hydrogens (tertiary/aromatic N) is 3. The predicted octanol–water partition coefficient (Wildman–Crippen LogP) is 10.7. The van der Waals surface area contributed by atoms with Crippen molar-refractivity contribution in [2.45, 2.75) is 18.5 Å². The SMILES string of the molecule is O=C(c1c([O][Eu]([O]c2c(C(=O)C(F)(F)F)c(=O)n(-c3ccccc3)c3ccccc23)[O]c2c(C(=O)C(F)(F)F)c(=O)n(-c3ccccc3)c3ccccc23)c2ccccc2n(-c2ccccc2)c1=O)C(F)(F)F. The molecule has 0 amide bonds. The number of aromatic nitrogens is 3. The van der Waals surface area contributed by atoms with Crippen LogP contribution in [-0.2, 0) is 0 Å². The van der Waals surface area contributed by atoms with E-state index in [1.807, 2.05) is 0 Å². The molecule has 0 aliphatic carbocycles. The van der Waals surface area contributed by atoms with E-state index >= 15 is 0 Å². The van der Waals surface area contributed by atoms with Crippen molar-refractivity contribution in [3.05, 3.63) is 212 Å². The van der Waals surface area contributed by atoms with Crippen LogP contribution >= 0.6 is 0 Å². The van der Waals surface area contributed by atoms with Gasteiger partial charge in [0.2, 0.25) is 0 Å². The average molecular weight is 1150 g/mol. The third-order valence-electron chi connectivity index (χ3n) is 11.0. The van der Waals surface area contributed by atoms with Crippen LogP contribution in [0.5, 0.6) is 17.2 Å². The van der Waals surface area contributed by atoms with Gasteiger partial charge in [-0.15, -0.1) is 0 Å². The van der Waals surface area contributed by atoms with Crippen molar-refractivity contribution in [1.29, 1.82) is 0 Å². The molecule has 0 aliphatic heterocycles. The Kier molecular flexibility index (Phi) is 13.3. The van der Waals surface area contributed by atoms with Crippen LogP contribution in [0.3, 0.4) is 0 Å². The molecule has 6 aromatic carbocycles. The van der Waals surface area contributed by atoms with Crippen molar-refractivity contribution in [3.8, 4) is 34.3 Å². The van der Waals surface area contributed by atoms with Crippen LogP contribution in [-0.4, -0.2) is 49.6 Å². The van der Waals surface area contributed by atoms with Crippen LogP contribution in [0.1, 0.15) is 31.1 Å². The molecule has 0 fully saturated rings. The topological polar surface area (TPSA) is 145 Å². The number of fused-ring (bicyclic) bond motifs is 3. The Balaban J connectivity index is 1.41. The summed E-state index contributed by atoms with van der Waals surface area (Å²) in [7, 11) is 0. The van der Waals surface area contributed by atoms with Crippen LogP contribution < -0.4 is 16.7 Å². The fourth-order valence-electron chi connectivity index (χ4n) is 7.94. The molecular formula is C51H27EuF9N3O9. The van der Waals surface area contributed by atoms with Crippen LogP contribution in [0.4, 0.5) is 39.5 Å². The molecule has 0 radical (unpaired) electrons. The summed E-state index contributed by atoms with van der Waals surface area (Å²) in [6.45, 7) is 0. The molecule has 9 rings (SSSR count). The average Bonchev–Trinajstić information content (AvgIpc) is 3.36. The summed E-state index contributed by atoms with van der Waals surface area (Å²) in [5.41, 5.74) is -11.5. The van der Waals surface area contributed by atoms with Gasteiger partial charge in [-0.3, -0.25) is 0 Å². The van der Waals surface area contributed by atoms with E-state index in [9.17, 15) is 68.3 Å². The minimum atomic E-state index is -6.17. The number of hydrogen-bond donors (Lipinski definition) is 0. The Morgan fingerprint density at radius 2 is 0.562 bits per heavy atom. The molecule has 9 aromatic rings. The molecule has 0 N–H and O–H groups in total. The Bertz CT molecular complexity index is 3480. The molecule has 12 nitrogen and oxygen atoms in total. The van der Waals surface area contributed by atoms with Gasteiger partial charge in [-0.05, 0) is 0 Å². The van der Waals surface area contributed by atoms with E-state index in [-0.39, 0.29) is 33.6 Å². The molecule has 0 bridgehead atoms. The summed E-state index contributed by atoms with van der Waals surface area (Å²) in [5, 5.41) is -1.56. The number of para-hydroxylation sites is 6. The van der Waals surface area contributed by atoms with Crippen LogP contribution in [0.2, 0.25) is 0 Å². The number of rotatable bonds is 12. The summed E-state index contributed by atoms with van der Waals surface area (Å²) >= 11 is -6.17. The van der Waals surface area contributed by atoms with Gasteiger partial charge in [0.25, 0.3) is 0 Å². The minimum absolute atomic E-state index is 0.0848. The van der Waals surface area contributed by atoms with Gasteiger partial charge in [0, 0.05) is 0 Å². The number of carbonyl (C=O) groups is 3. The Morgan fingerprint density at radius 3 is 0.795 bits per heavy atom. The van der Waals surface area contributed by atoms with E-state index < -0.39 is 147 Å². The zero-order valence-corrected chi connectivity index (χ0v) is 38.8. The Hall–Kier alpha value is -7.69. The van der Waals surface area contributed by atoms with E-state index in [0.717, 1.165) is 18.2 Å². The summed E-state index contributed by atoms with van der Waals surface area (Å²) in [6.07, 6.45) is -17.6. The Morgan fingerprint density at radius 1 is 0.342 bits per heavy atom. The van der Waals surface area contributed by atoms with Gasteiger partial charge in [0.05, 0.1) is 0 Å². The van der Waals surface area contributed by atoms with Gasteiger partial charge in [-0.1, -0.05) is 0 Å². The monoisotopic (exact) mass is 1150 g/mol. The molecule has 3 aromatic heterocycles. The number of alkyl halides is 9. The fourth-order valence-corrected chi connectivity index (χ4v) is 11.0. The first-order valence-electron chi connectivity index (χ1n) is 21.0. The van der Waals surface area contributed by atoms with Crippen molar-refractivity contribution in [3.63, 3.8) is 0 Å². The van der Waals surface area contributed by atoms with E-state index in [1.165, 1.54) is 146 Å². The molecule has 0 unspecified atom stereocenters. The third kappa shape index (κ3) is 9.36. The standard InChI is InChI=1S/3C17H10F3NO3.Eu/c3*18-17(19,20)15(23)13-14(22)11-8-4-5-9-12(11)21(16(13)24)10-6-2-1-3-7-10;/h3*1-9,22H;/q;;;+3/p-3. The number of ketones is 3. The number of benzene rings is 6. The van der Waals surface area contributed by atoms with Gasteiger partial charge in [-0.2, -0.15) is 0 Å². The van der Waals surface area contributed by atoms with Crippen molar-refractivity contribution < 1.29 is 98.2 Å². The summed E-state index contributed by atoms with van der Waals surface area (Å²) in [5.74, 6) is -12.5. The van der Waals surface area contributed by atoms with E-state index in [1.54, 1.807) is 0 Å². The second kappa shape index (κ2) is 19.4. The number of halogens is 9. The van der Waals surface area contributed by atoms with E-state index in [0.29, 0.717) is 13.7 Å². The van der Waals surface area contributed by atoms with Gasteiger partial charge < -0.3 is 0 Å². The first-order valence-corrected chi connectivity index (χ1v) is 23.9. The fraction of sp³-hybridized carbons (Fsp3) is 0.0588. The molecule has 0 aliphatic rings. The molecule has 22 heteroatoms. The third-order valence-corrected chi connectivity index (χ3v) is 13.7. The molecule has 3 heterocycles. The van der Waals surface area contributed by atoms with Gasteiger partial charge in [0.1, 0.15) is 0 Å².